The van der Waals surface area contributed by atoms with Gasteiger partial charge >= 0.3 is 0 Å². The number of amides is 1. The molecule has 0 heterocycles. The van der Waals surface area contributed by atoms with Gasteiger partial charge in [-0.25, -0.2) is 8.78 Å². The second kappa shape index (κ2) is 6.62. The number of anilines is 1. The maximum Gasteiger partial charge on any atom is 0.262 e. The summed E-state index contributed by atoms with van der Waals surface area (Å²) in [6.45, 7) is -0.510. The Morgan fingerprint density at radius 3 is 2.48 bits per heavy atom. The Morgan fingerprint density at radius 2 is 1.81 bits per heavy atom. The van der Waals surface area contributed by atoms with Gasteiger partial charge in [-0.2, -0.15) is 4.39 Å². The molecule has 0 atom stereocenters. The summed E-state index contributed by atoms with van der Waals surface area (Å²) in [7, 11) is 0. The highest BCUT2D eigenvalue weighted by Gasteiger charge is 2.13. The Balaban J connectivity index is 1.97. The number of rotatable bonds is 4. The Hall–Kier alpha value is -2.02. The van der Waals surface area contributed by atoms with E-state index >= 15 is 0 Å². The SMILES string of the molecule is O=C(COc1cc(Br)cc(F)c1F)Nc1ccc(F)cc1. The number of carbonyl (C=O) groups is 1. The molecule has 0 bridgehead atoms. The number of halogens is 4. The van der Waals surface area contributed by atoms with Crippen LogP contribution in [0, 0.1) is 17.5 Å². The van der Waals surface area contributed by atoms with E-state index < -0.39 is 30.0 Å². The van der Waals surface area contributed by atoms with Crippen molar-refractivity contribution in [3.8, 4) is 5.75 Å². The summed E-state index contributed by atoms with van der Waals surface area (Å²) in [5.74, 6) is -3.65. The van der Waals surface area contributed by atoms with Crippen LogP contribution in [-0.4, -0.2) is 12.5 Å². The number of hydrogen-bond acceptors (Lipinski definition) is 2. The molecule has 2 rings (SSSR count). The molecule has 0 saturated carbocycles. The zero-order chi connectivity index (χ0) is 15.4. The molecule has 3 nitrogen and oxygen atoms in total. The third-order valence-corrected chi connectivity index (χ3v) is 2.90. The maximum atomic E-state index is 13.4. The average molecular weight is 360 g/mol. The van der Waals surface area contributed by atoms with Crippen molar-refractivity contribution in [2.75, 3.05) is 11.9 Å². The van der Waals surface area contributed by atoms with Gasteiger partial charge in [-0.15, -0.1) is 0 Å². The van der Waals surface area contributed by atoms with Crippen molar-refractivity contribution in [3.63, 3.8) is 0 Å². The van der Waals surface area contributed by atoms with E-state index in [-0.39, 0.29) is 10.2 Å². The van der Waals surface area contributed by atoms with Crippen molar-refractivity contribution in [3.05, 3.63) is 58.3 Å². The third kappa shape index (κ3) is 4.22. The number of hydrogen-bond donors (Lipinski definition) is 1. The van der Waals surface area contributed by atoms with Crippen molar-refractivity contribution in [2.45, 2.75) is 0 Å². The van der Waals surface area contributed by atoms with E-state index in [4.69, 9.17) is 4.74 Å². The van der Waals surface area contributed by atoms with Crippen molar-refractivity contribution in [1.82, 2.24) is 0 Å². The molecule has 0 fully saturated rings. The van der Waals surface area contributed by atoms with Crippen molar-refractivity contribution in [1.29, 1.82) is 0 Å². The zero-order valence-electron chi connectivity index (χ0n) is 10.5. The summed E-state index contributed by atoms with van der Waals surface area (Å²) in [5.41, 5.74) is 0.367. The van der Waals surface area contributed by atoms with E-state index in [9.17, 15) is 18.0 Å². The van der Waals surface area contributed by atoms with Crippen molar-refractivity contribution < 1.29 is 22.7 Å². The highest BCUT2D eigenvalue weighted by Crippen LogP contribution is 2.25. The normalized spacial score (nSPS) is 10.3. The number of nitrogens with one attached hydrogen (secondary N) is 1. The molecule has 110 valence electrons. The van der Waals surface area contributed by atoms with E-state index in [0.29, 0.717) is 5.69 Å². The molecule has 0 aliphatic rings. The molecule has 0 unspecified atom stereocenters. The van der Waals surface area contributed by atoms with Crippen LogP contribution in [0.25, 0.3) is 0 Å². The molecule has 0 saturated heterocycles. The lowest BCUT2D eigenvalue weighted by atomic mass is 10.3. The minimum absolute atomic E-state index is 0.287. The average Bonchev–Trinajstić information content (AvgIpc) is 2.44. The summed E-state index contributed by atoms with van der Waals surface area (Å²) < 4.78 is 44.4. The van der Waals surface area contributed by atoms with Crippen LogP contribution in [0.15, 0.2) is 40.9 Å². The van der Waals surface area contributed by atoms with E-state index in [2.05, 4.69) is 21.2 Å². The van der Waals surface area contributed by atoms with Crippen molar-refractivity contribution >= 4 is 27.5 Å². The molecule has 0 aromatic heterocycles. The van der Waals surface area contributed by atoms with Crippen LogP contribution in [0.1, 0.15) is 0 Å². The Morgan fingerprint density at radius 1 is 1.14 bits per heavy atom. The lowest BCUT2D eigenvalue weighted by Gasteiger charge is -2.09. The lowest BCUT2D eigenvalue weighted by Crippen LogP contribution is -2.20. The van der Waals surface area contributed by atoms with Gasteiger partial charge in [0.2, 0.25) is 5.82 Å². The van der Waals surface area contributed by atoms with Crippen LogP contribution in [0.2, 0.25) is 0 Å². The molecule has 0 aliphatic heterocycles. The first-order valence-electron chi connectivity index (χ1n) is 5.78. The molecule has 1 N–H and O–H groups in total. The number of ether oxygens (including phenoxy) is 1. The number of benzene rings is 2. The van der Waals surface area contributed by atoms with Gasteiger partial charge in [-0.1, -0.05) is 15.9 Å². The predicted octanol–water partition coefficient (Wildman–Crippen LogP) is 3.88. The minimum atomic E-state index is -1.17. The smallest absolute Gasteiger partial charge is 0.262 e. The molecule has 21 heavy (non-hydrogen) atoms. The summed E-state index contributed by atoms with van der Waals surface area (Å²) in [4.78, 5) is 11.6. The summed E-state index contributed by atoms with van der Waals surface area (Å²) >= 11 is 2.99. The van der Waals surface area contributed by atoms with Crippen molar-refractivity contribution in [2.24, 2.45) is 0 Å². The topological polar surface area (TPSA) is 38.3 Å². The van der Waals surface area contributed by atoms with Gasteiger partial charge < -0.3 is 10.1 Å². The van der Waals surface area contributed by atoms with Gasteiger partial charge in [0, 0.05) is 10.2 Å². The zero-order valence-corrected chi connectivity index (χ0v) is 12.1. The molecule has 2 aromatic carbocycles. The second-order valence-corrected chi connectivity index (χ2v) is 4.96. The van der Waals surface area contributed by atoms with Crippen LogP contribution < -0.4 is 10.1 Å². The van der Waals surface area contributed by atoms with Gasteiger partial charge in [-0.3, -0.25) is 4.79 Å². The van der Waals surface area contributed by atoms with Crippen LogP contribution in [0.5, 0.6) is 5.75 Å². The van der Waals surface area contributed by atoms with Gasteiger partial charge in [0.15, 0.2) is 18.2 Å². The first kappa shape index (κ1) is 15.4. The largest absolute Gasteiger partial charge is 0.481 e. The van der Waals surface area contributed by atoms with E-state index in [1.165, 1.54) is 30.3 Å². The molecule has 7 heteroatoms. The fourth-order valence-corrected chi connectivity index (χ4v) is 1.92. The first-order valence-corrected chi connectivity index (χ1v) is 6.58. The van der Waals surface area contributed by atoms with Gasteiger partial charge in [0.1, 0.15) is 5.82 Å². The molecule has 1 amide bonds. The molecule has 0 spiro atoms. The maximum absolute atomic E-state index is 13.4. The van der Waals surface area contributed by atoms with E-state index in [0.717, 1.165) is 6.07 Å². The summed E-state index contributed by atoms with van der Waals surface area (Å²) in [6, 6.07) is 7.25. The van der Waals surface area contributed by atoms with Crippen LogP contribution in [0.3, 0.4) is 0 Å². The van der Waals surface area contributed by atoms with E-state index in [1.54, 1.807) is 0 Å². The molecular formula is C14H9BrF3NO2. The van der Waals surface area contributed by atoms with Gasteiger partial charge in [0.25, 0.3) is 5.91 Å². The first-order chi connectivity index (χ1) is 9.95. The molecule has 0 radical (unpaired) electrons. The molecular weight excluding hydrogens is 351 g/mol. The lowest BCUT2D eigenvalue weighted by molar-refractivity contribution is -0.118. The fourth-order valence-electron chi connectivity index (χ4n) is 1.51. The predicted molar refractivity (Wildman–Crippen MR) is 74.6 cm³/mol. The highest BCUT2D eigenvalue weighted by molar-refractivity contribution is 9.10. The van der Waals surface area contributed by atoms with Gasteiger partial charge in [0.05, 0.1) is 0 Å². The van der Waals surface area contributed by atoms with E-state index in [1.807, 2.05) is 0 Å². The summed E-state index contributed by atoms with van der Waals surface area (Å²) in [6.07, 6.45) is 0. The third-order valence-electron chi connectivity index (χ3n) is 2.45. The molecule has 2 aromatic rings. The molecule has 0 aliphatic carbocycles. The minimum Gasteiger partial charge on any atom is -0.481 e. The Bertz CT molecular complexity index is 662. The summed E-state index contributed by atoms with van der Waals surface area (Å²) in [5, 5.41) is 2.43. The standard InChI is InChI=1S/C14H9BrF3NO2/c15-8-5-11(17)14(18)12(6-8)21-7-13(20)19-10-3-1-9(16)2-4-10/h1-6H,7H2,(H,19,20). The fraction of sp³-hybridized carbons (Fsp3) is 0.0714. The highest BCUT2D eigenvalue weighted by atomic mass is 79.9. The quantitative estimate of drug-likeness (QED) is 0.841. The van der Waals surface area contributed by atoms with Crippen LogP contribution in [0.4, 0.5) is 18.9 Å². The van der Waals surface area contributed by atoms with Crippen LogP contribution in [-0.2, 0) is 4.79 Å². The second-order valence-electron chi connectivity index (χ2n) is 4.04. The van der Waals surface area contributed by atoms with Gasteiger partial charge in [-0.05, 0) is 36.4 Å². The number of carbonyl (C=O) groups excluding carboxylic acids is 1. The Labute approximate surface area is 126 Å². The monoisotopic (exact) mass is 359 g/mol. The van der Waals surface area contributed by atoms with Crippen LogP contribution >= 0.6 is 15.9 Å². The Kier molecular flexibility index (Phi) is 4.85.